The molecule has 1 aromatic heterocycles. The summed E-state index contributed by atoms with van der Waals surface area (Å²) in [5.74, 6) is -1.79. The number of halogens is 2. The number of H-pyrrole nitrogens is 1. The number of sulfonamides is 1. The second-order valence-corrected chi connectivity index (χ2v) is 7.73. The second-order valence-electron chi connectivity index (χ2n) is 6.05. The van der Waals surface area contributed by atoms with Crippen molar-refractivity contribution in [1.82, 2.24) is 10.3 Å². The molecule has 0 fully saturated rings. The number of hydrogen-bond acceptors (Lipinski definition) is 3. The number of aromatic amines is 1. The zero-order chi connectivity index (χ0) is 20.3. The number of carbonyl (C=O) groups is 1. The van der Waals surface area contributed by atoms with Gasteiger partial charge in [-0.2, -0.15) is 0 Å². The van der Waals surface area contributed by atoms with Crippen LogP contribution in [0.3, 0.4) is 0 Å². The van der Waals surface area contributed by atoms with E-state index in [1.54, 1.807) is 19.1 Å². The highest BCUT2D eigenvalue weighted by Gasteiger charge is 2.21. The Balaban J connectivity index is 1.75. The SMILES string of the molecule is C[C@H](NC(=O)c1cc(S(=O)(=O)Nc2ccccc2F)c[nH]1)c1ccccc1F. The smallest absolute Gasteiger partial charge is 0.268 e. The van der Waals surface area contributed by atoms with Gasteiger partial charge in [-0.05, 0) is 31.2 Å². The maximum absolute atomic E-state index is 13.8. The van der Waals surface area contributed by atoms with Crippen molar-refractivity contribution in [3.63, 3.8) is 0 Å². The van der Waals surface area contributed by atoms with Crippen molar-refractivity contribution in [3.05, 3.63) is 83.7 Å². The minimum atomic E-state index is -4.10. The van der Waals surface area contributed by atoms with Gasteiger partial charge in [0.2, 0.25) is 0 Å². The number of benzene rings is 2. The molecule has 0 spiro atoms. The van der Waals surface area contributed by atoms with Crippen molar-refractivity contribution in [2.45, 2.75) is 17.9 Å². The lowest BCUT2D eigenvalue weighted by molar-refractivity contribution is 0.0935. The molecule has 1 amide bonds. The van der Waals surface area contributed by atoms with Crippen LogP contribution in [0.2, 0.25) is 0 Å². The van der Waals surface area contributed by atoms with Gasteiger partial charge in [0, 0.05) is 11.8 Å². The molecule has 0 aliphatic heterocycles. The zero-order valence-corrected chi connectivity index (χ0v) is 15.6. The van der Waals surface area contributed by atoms with E-state index in [1.165, 1.54) is 30.3 Å². The molecule has 1 atom stereocenters. The number of anilines is 1. The normalized spacial score (nSPS) is 12.4. The maximum Gasteiger partial charge on any atom is 0.268 e. The van der Waals surface area contributed by atoms with Gasteiger partial charge in [-0.15, -0.1) is 0 Å². The van der Waals surface area contributed by atoms with Gasteiger partial charge in [0.05, 0.1) is 11.7 Å². The number of rotatable bonds is 6. The van der Waals surface area contributed by atoms with Gasteiger partial charge in [0.15, 0.2) is 0 Å². The molecule has 146 valence electrons. The van der Waals surface area contributed by atoms with Crippen LogP contribution in [0.15, 0.2) is 65.7 Å². The van der Waals surface area contributed by atoms with Crippen LogP contribution >= 0.6 is 0 Å². The summed E-state index contributed by atoms with van der Waals surface area (Å²) in [5, 5.41) is 2.59. The fourth-order valence-corrected chi connectivity index (χ4v) is 3.65. The van der Waals surface area contributed by atoms with Gasteiger partial charge in [-0.1, -0.05) is 30.3 Å². The van der Waals surface area contributed by atoms with Crippen LogP contribution < -0.4 is 10.0 Å². The Hall–Kier alpha value is -3.20. The number of aromatic nitrogens is 1. The molecule has 0 aliphatic rings. The topological polar surface area (TPSA) is 91.1 Å². The predicted octanol–water partition coefficient (Wildman–Crippen LogP) is 3.58. The first-order chi connectivity index (χ1) is 13.3. The molecule has 28 heavy (non-hydrogen) atoms. The number of nitrogens with one attached hydrogen (secondary N) is 3. The highest BCUT2D eigenvalue weighted by molar-refractivity contribution is 7.92. The van der Waals surface area contributed by atoms with E-state index in [0.717, 1.165) is 18.3 Å². The minimum absolute atomic E-state index is 0.0305. The Morgan fingerprint density at radius 1 is 1.04 bits per heavy atom. The molecule has 3 aromatic rings. The van der Waals surface area contributed by atoms with Crippen LogP contribution in [0.4, 0.5) is 14.5 Å². The summed E-state index contributed by atoms with van der Waals surface area (Å²) in [4.78, 5) is 14.7. The maximum atomic E-state index is 13.8. The quantitative estimate of drug-likeness (QED) is 0.585. The number of amides is 1. The van der Waals surface area contributed by atoms with Crippen LogP contribution in [0.1, 0.15) is 29.0 Å². The van der Waals surface area contributed by atoms with Crippen molar-refractivity contribution in [1.29, 1.82) is 0 Å². The molecule has 9 heteroatoms. The predicted molar refractivity (Wildman–Crippen MR) is 100 cm³/mol. The lowest BCUT2D eigenvalue weighted by atomic mass is 10.1. The third kappa shape index (κ3) is 4.20. The molecule has 0 aliphatic carbocycles. The molecule has 0 saturated carbocycles. The number of para-hydroxylation sites is 1. The van der Waals surface area contributed by atoms with E-state index in [4.69, 9.17) is 0 Å². The average Bonchev–Trinajstić information content (AvgIpc) is 3.15. The molecule has 0 unspecified atom stereocenters. The van der Waals surface area contributed by atoms with Crippen LogP contribution in [-0.4, -0.2) is 19.3 Å². The molecule has 0 saturated heterocycles. The Labute approximate surface area is 160 Å². The minimum Gasteiger partial charge on any atom is -0.356 e. The Morgan fingerprint density at radius 2 is 1.68 bits per heavy atom. The molecule has 1 heterocycles. The highest BCUT2D eigenvalue weighted by atomic mass is 32.2. The van der Waals surface area contributed by atoms with Crippen LogP contribution in [-0.2, 0) is 10.0 Å². The van der Waals surface area contributed by atoms with Crippen molar-refractivity contribution < 1.29 is 22.0 Å². The number of hydrogen-bond donors (Lipinski definition) is 3. The van der Waals surface area contributed by atoms with E-state index in [0.29, 0.717) is 5.56 Å². The third-order valence-corrected chi connectivity index (χ3v) is 5.39. The van der Waals surface area contributed by atoms with Crippen molar-refractivity contribution >= 4 is 21.6 Å². The van der Waals surface area contributed by atoms with E-state index in [2.05, 4.69) is 15.0 Å². The van der Waals surface area contributed by atoms with Crippen molar-refractivity contribution in [3.8, 4) is 0 Å². The summed E-state index contributed by atoms with van der Waals surface area (Å²) in [6.45, 7) is 1.61. The lowest BCUT2D eigenvalue weighted by Crippen LogP contribution is -2.27. The Bertz CT molecular complexity index is 1110. The molecular formula is C19H17F2N3O3S. The fraction of sp³-hybridized carbons (Fsp3) is 0.105. The average molecular weight is 405 g/mol. The van der Waals surface area contributed by atoms with E-state index < -0.39 is 33.6 Å². The summed E-state index contributed by atoms with van der Waals surface area (Å²) in [6, 6.07) is 11.8. The standard InChI is InChI=1S/C19H17F2N3O3S/c1-12(14-6-2-3-7-15(14)20)23-19(25)18-10-13(11-22-18)28(26,27)24-17-9-5-4-8-16(17)21/h2-12,22,24H,1H3,(H,23,25)/t12-/m0/s1. The summed E-state index contributed by atoms with van der Waals surface area (Å²) in [6.07, 6.45) is 1.12. The number of carbonyl (C=O) groups excluding carboxylic acids is 1. The van der Waals surface area contributed by atoms with Gasteiger partial charge in [0.25, 0.3) is 15.9 Å². The zero-order valence-electron chi connectivity index (χ0n) is 14.7. The molecule has 3 N–H and O–H groups in total. The summed E-state index contributed by atoms with van der Waals surface area (Å²) in [7, 11) is -4.10. The molecule has 2 aromatic carbocycles. The Morgan fingerprint density at radius 3 is 2.36 bits per heavy atom. The van der Waals surface area contributed by atoms with Crippen molar-refractivity contribution in [2.24, 2.45) is 0 Å². The van der Waals surface area contributed by atoms with E-state index >= 15 is 0 Å². The first kappa shape index (κ1) is 19.6. The van der Waals surface area contributed by atoms with Crippen molar-refractivity contribution in [2.75, 3.05) is 4.72 Å². The second kappa shape index (κ2) is 7.81. The third-order valence-electron chi connectivity index (χ3n) is 4.05. The largest absolute Gasteiger partial charge is 0.356 e. The molecule has 6 nitrogen and oxygen atoms in total. The lowest BCUT2D eigenvalue weighted by Gasteiger charge is -2.14. The molecule has 3 rings (SSSR count). The van der Waals surface area contributed by atoms with Gasteiger partial charge < -0.3 is 10.3 Å². The Kier molecular flexibility index (Phi) is 5.46. The summed E-state index contributed by atoms with van der Waals surface area (Å²) in [5.41, 5.74) is 0.0662. The van der Waals surface area contributed by atoms with Gasteiger partial charge in [-0.3, -0.25) is 9.52 Å². The van der Waals surface area contributed by atoms with E-state index in [-0.39, 0.29) is 16.3 Å². The van der Waals surface area contributed by atoms with Crippen LogP contribution in [0, 0.1) is 11.6 Å². The fourth-order valence-electron chi connectivity index (χ4n) is 2.59. The van der Waals surface area contributed by atoms with Crippen LogP contribution in [0.25, 0.3) is 0 Å². The summed E-state index contributed by atoms with van der Waals surface area (Å²) < 4.78 is 54.4. The highest BCUT2D eigenvalue weighted by Crippen LogP contribution is 2.20. The first-order valence-electron chi connectivity index (χ1n) is 8.29. The van der Waals surface area contributed by atoms with E-state index in [1.807, 2.05) is 0 Å². The summed E-state index contributed by atoms with van der Waals surface area (Å²) >= 11 is 0. The van der Waals surface area contributed by atoms with Crippen LogP contribution in [0.5, 0.6) is 0 Å². The monoisotopic (exact) mass is 405 g/mol. The van der Waals surface area contributed by atoms with Gasteiger partial charge >= 0.3 is 0 Å². The molecule has 0 bridgehead atoms. The van der Waals surface area contributed by atoms with E-state index in [9.17, 15) is 22.0 Å². The first-order valence-corrected chi connectivity index (χ1v) is 9.77. The molecular weight excluding hydrogens is 388 g/mol. The van der Waals surface area contributed by atoms with Gasteiger partial charge in [0.1, 0.15) is 22.2 Å². The van der Waals surface area contributed by atoms with Gasteiger partial charge in [-0.25, -0.2) is 17.2 Å². The molecule has 0 radical (unpaired) electrons.